The fourth-order valence-corrected chi connectivity index (χ4v) is 6.25. The molecule has 0 aliphatic heterocycles. The van der Waals surface area contributed by atoms with Crippen LogP contribution in [0.5, 0.6) is 17.2 Å². The molecule has 0 bridgehead atoms. The number of thiophene rings is 1. The topological polar surface area (TPSA) is 131 Å². The van der Waals surface area contributed by atoms with Crippen molar-refractivity contribution in [3.63, 3.8) is 0 Å². The van der Waals surface area contributed by atoms with E-state index in [1.807, 2.05) is 10.8 Å². The van der Waals surface area contributed by atoms with Crippen molar-refractivity contribution in [2.75, 3.05) is 19.1 Å². The van der Waals surface area contributed by atoms with E-state index in [1.165, 1.54) is 29.5 Å². The number of carbonyl (C=O) groups excluding carboxylic acids is 1. The van der Waals surface area contributed by atoms with Crippen LogP contribution in [0, 0.1) is 0 Å². The molecular formula is C28H24N2O8S3. The highest BCUT2D eigenvalue weighted by atomic mass is 32.2. The van der Waals surface area contributed by atoms with Crippen LogP contribution < -0.4 is 13.1 Å². The summed E-state index contributed by atoms with van der Waals surface area (Å²) in [5, 5.41) is 0.618. The predicted molar refractivity (Wildman–Crippen MR) is 156 cm³/mol. The zero-order chi connectivity index (χ0) is 29.2. The van der Waals surface area contributed by atoms with E-state index in [9.17, 15) is 21.6 Å². The highest BCUT2D eigenvalue weighted by Gasteiger charge is 2.23. The molecule has 3 aromatic carbocycles. The summed E-state index contributed by atoms with van der Waals surface area (Å²) < 4.78 is 64.7. The number of fused-ring (bicyclic) bond motifs is 1. The minimum Gasteiger partial charge on any atom is -0.492 e. The van der Waals surface area contributed by atoms with Crippen LogP contribution in [0.2, 0.25) is 0 Å². The number of aromatic nitrogens is 2. The van der Waals surface area contributed by atoms with E-state index in [1.54, 1.807) is 61.1 Å². The SMILES string of the molecule is CS(=O)(=O)Oc1ccc(-c2sc3cc(OS(C)(=O)=O)ccc3c2C(=O)c2ccc(OCCn3ccnc3)cc2)cc1. The summed E-state index contributed by atoms with van der Waals surface area (Å²) in [5.74, 6) is 0.629. The van der Waals surface area contributed by atoms with Crippen LogP contribution in [0.3, 0.4) is 0 Å². The summed E-state index contributed by atoms with van der Waals surface area (Å²) in [6.45, 7) is 1.06. The van der Waals surface area contributed by atoms with Gasteiger partial charge in [0.1, 0.15) is 23.9 Å². The van der Waals surface area contributed by atoms with Crippen LogP contribution in [-0.2, 0) is 26.8 Å². The van der Waals surface area contributed by atoms with Gasteiger partial charge >= 0.3 is 20.2 Å². The number of benzene rings is 3. The van der Waals surface area contributed by atoms with Gasteiger partial charge in [0.15, 0.2) is 5.78 Å². The summed E-state index contributed by atoms with van der Waals surface area (Å²) in [6, 6.07) is 17.9. The molecule has 2 heterocycles. The first-order valence-corrected chi connectivity index (χ1v) is 16.6. The van der Waals surface area contributed by atoms with Crippen LogP contribution in [-0.4, -0.2) is 51.3 Å². The van der Waals surface area contributed by atoms with Gasteiger partial charge in [0.05, 0.1) is 25.4 Å². The van der Waals surface area contributed by atoms with Gasteiger partial charge in [-0.3, -0.25) is 4.79 Å². The molecule has 5 rings (SSSR count). The molecule has 0 radical (unpaired) electrons. The normalized spacial score (nSPS) is 11.9. The van der Waals surface area contributed by atoms with Gasteiger partial charge in [-0.05, 0) is 72.3 Å². The van der Waals surface area contributed by atoms with Gasteiger partial charge in [-0.2, -0.15) is 16.8 Å². The van der Waals surface area contributed by atoms with Gasteiger partial charge in [0.25, 0.3) is 0 Å². The van der Waals surface area contributed by atoms with Crippen molar-refractivity contribution in [1.82, 2.24) is 9.55 Å². The second-order valence-corrected chi connectivity index (χ2v) is 13.3. The molecule has 10 nitrogen and oxygen atoms in total. The lowest BCUT2D eigenvalue weighted by Gasteiger charge is -2.09. The average molecular weight is 613 g/mol. The molecule has 0 N–H and O–H groups in total. The molecule has 0 fully saturated rings. The Labute approximate surface area is 241 Å². The highest BCUT2D eigenvalue weighted by molar-refractivity contribution is 7.86. The number of hydrogen-bond donors (Lipinski definition) is 0. The van der Waals surface area contributed by atoms with E-state index in [0.717, 1.165) is 12.5 Å². The molecular weight excluding hydrogens is 589 g/mol. The zero-order valence-electron chi connectivity index (χ0n) is 21.9. The maximum absolute atomic E-state index is 13.9. The lowest BCUT2D eigenvalue weighted by Crippen LogP contribution is -2.07. The number of hydrogen-bond acceptors (Lipinski definition) is 10. The molecule has 212 valence electrons. The first-order valence-electron chi connectivity index (χ1n) is 12.1. The van der Waals surface area contributed by atoms with E-state index in [-0.39, 0.29) is 17.3 Å². The van der Waals surface area contributed by atoms with Gasteiger partial charge < -0.3 is 17.7 Å². The summed E-state index contributed by atoms with van der Waals surface area (Å²) in [7, 11) is -7.45. The molecule has 5 aromatic rings. The van der Waals surface area contributed by atoms with E-state index in [2.05, 4.69) is 4.98 Å². The van der Waals surface area contributed by atoms with Crippen molar-refractivity contribution >= 4 is 47.4 Å². The molecule has 0 amide bonds. The van der Waals surface area contributed by atoms with Gasteiger partial charge in [0, 0.05) is 38.5 Å². The van der Waals surface area contributed by atoms with Crippen molar-refractivity contribution in [3.05, 3.63) is 96.6 Å². The van der Waals surface area contributed by atoms with Crippen molar-refractivity contribution in [2.24, 2.45) is 0 Å². The molecule has 0 saturated heterocycles. The van der Waals surface area contributed by atoms with Crippen LogP contribution in [0.1, 0.15) is 15.9 Å². The number of ketones is 1. The molecule has 0 atom stereocenters. The Morgan fingerprint density at radius 2 is 1.49 bits per heavy atom. The summed E-state index contributed by atoms with van der Waals surface area (Å²) in [4.78, 5) is 18.5. The second-order valence-electron chi connectivity index (χ2n) is 9.07. The van der Waals surface area contributed by atoms with Crippen molar-refractivity contribution in [1.29, 1.82) is 0 Å². The maximum atomic E-state index is 13.9. The van der Waals surface area contributed by atoms with Crippen LogP contribution in [0.25, 0.3) is 20.5 Å². The minimum atomic E-state index is -3.75. The lowest BCUT2D eigenvalue weighted by molar-refractivity contribution is 0.104. The van der Waals surface area contributed by atoms with Crippen molar-refractivity contribution < 1.29 is 34.7 Å². The largest absolute Gasteiger partial charge is 0.492 e. The zero-order valence-corrected chi connectivity index (χ0v) is 24.3. The number of imidazole rings is 1. The van der Waals surface area contributed by atoms with E-state index in [4.69, 9.17) is 13.1 Å². The van der Waals surface area contributed by atoms with Gasteiger partial charge in [-0.25, -0.2) is 4.98 Å². The Balaban J connectivity index is 1.48. The molecule has 41 heavy (non-hydrogen) atoms. The van der Waals surface area contributed by atoms with E-state index in [0.29, 0.717) is 50.6 Å². The Morgan fingerprint density at radius 1 is 0.854 bits per heavy atom. The van der Waals surface area contributed by atoms with E-state index < -0.39 is 20.2 Å². The van der Waals surface area contributed by atoms with Gasteiger partial charge in [0.2, 0.25) is 0 Å². The summed E-state index contributed by atoms with van der Waals surface area (Å²) in [6.07, 6.45) is 7.15. The smallest absolute Gasteiger partial charge is 0.306 e. The van der Waals surface area contributed by atoms with Crippen LogP contribution >= 0.6 is 11.3 Å². The average Bonchev–Trinajstić information content (AvgIpc) is 3.55. The standard InChI is InChI=1S/C28H24N2O8S3/c1-40(32,33)37-22-9-5-20(6-10-22)28-26(24-12-11-23(17-25(24)39-28)38-41(2,34)35)27(31)19-3-7-21(8-4-19)36-16-15-30-14-13-29-18-30/h3-14,17-18H,15-16H2,1-2H3. The first-order chi connectivity index (χ1) is 19.4. The Morgan fingerprint density at radius 3 is 2.12 bits per heavy atom. The maximum Gasteiger partial charge on any atom is 0.306 e. The molecule has 2 aromatic heterocycles. The Bertz CT molecular complexity index is 1910. The first kappa shape index (κ1) is 28.3. The summed E-state index contributed by atoms with van der Waals surface area (Å²) >= 11 is 1.29. The van der Waals surface area contributed by atoms with Gasteiger partial charge in [-0.1, -0.05) is 0 Å². The monoisotopic (exact) mass is 612 g/mol. The third-order valence-electron chi connectivity index (χ3n) is 5.79. The number of ether oxygens (including phenoxy) is 1. The van der Waals surface area contributed by atoms with Crippen LogP contribution in [0.4, 0.5) is 0 Å². The Hall–Kier alpha value is -4.20. The number of nitrogens with zero attached hydrogens (tertiary/aromatic N) is 2. The molecule has 0 saturated carbocycles. The molecule has 0 spiro atoms. The van der Waals surface area contributed by atoms with Crippen molar-refractivity contribution in [2.45, 2.75) is 6.54 Å². The quantitative estimate of drug-likeness (QED) is 0.153. The fourth-order valence-electron chi connectivity index (χ4n) is 4.10. The predicted octanol–water partition coefficient (Wildman–Crippen LogP) is 4.75. The number of carbonyl (C=O) groups is 1. The van der Waals surface area contributed by atoms with Gasteiger partial charge in [-0.15, -0.1) is 11.3 Å². The summed E-state index contributed by atoms with van der Waals surface area (Å²) in [5.41, 5.74) is 1.50. The van der Waals surface area contributed by atoms with E-state index >= 15 is 0 Å². The molecule has 0 aliphatic carbocycles. The highest BCUT2D eigenvalue weighted by Crippen LogP contribution is 2.42. The Kier molecular flexibility index (Phi) is 7.84. The molecule has 13 heteroatoms. The van der Waals surface area contributed by atoms with Crippen LogP contribution in [0.15, 0.2) is 85.5 Å². The van der Waals surface area contributed by atoms with Crippen molar-refractivity contribution in [3.8, 4) is 27.7 Å². The molecule has 0 unspecified atom stereocenters. The minimum absolute atomic E-state index is 0.126. The third kappa shape index (κ3) is 7.12. The molecule has 0 aliphatic rings. The lowest BCUT2D eigenvalue weighted by atomic mass is 9.97. The number of rotatable bonds is 11. The fraction of sp³-hybridized carbons (Fsp3) is 0.143. The second kappa shape index (κ2) is 11.4. The third-order valence-corrected chi connectivity index (χ3v) is 7.99.